The van der Waals surface area contributed by atoms with E-state index < -0.39 is 14.6 Å². The van der Waals surface area contributed by atoms with Crippen LogP contribution in [0.15, 0.2) is 0 Å². The Morgan fingerprint density at radius 3 is 2.15 bits per heavy atom. The molecule has 0 amide bonds. The lowest BCUT2D eigenvalue weighted by Gasteiger charge is -2.24. The van der Waals surface area contributed by atoms with E-state index >= 15 is 0 Å². The third kappa shape index (κ3) is 7.71. The van der Waals surface area contributed by atoms with Crippen LogP contribution in [0.5, 0.6) is 0 Å². The number of nitrogens with zero attached hydrogens (tertiary/aromatic N) is 1. The lowest BCUT2D eigenvalue weighted by atomic mass is 10.5. The van der Waals surface area contributed by atoms with Crippen molar-refractivity contribution in [2.45, 2.75) is 13.1 Å². The van der Waals surface area contributed by atoms with Gasteiger partial charge in [0.05, 0.1) is 21.1 Å². The maximum absolute atomic E-state index is 11.4. The minimum absolute atomic E-state index is 0.532. The molecule has 0 saturated carbocycles. The third-order valence-electron chi connectivity index (χ3n) is 1.48. The molecular weight excluding hydrogens is 225 g/mol. The maximum Gasteiger partial charge on any atom is 0.246 e. The van der Waals surface area contributed by atoms with Crippen LogP contribution in [0.2, 0.25) is 13.1 Å². The lowest BCUT2D eigenvalue weighted by Crippen LogP contribution is -2.37. The summed E-state index contributed by atoms with van der Waals surface area (Å²) in [6.45, 7) is 5.09. The second kappa shape index (κ2) is 4.94. The summed E-state index contributed by atoms with van der Waals surface area (Å²) in [4.78, 5) is 0. The van der Waals surface area contributed by atoms with Crippen LogP contribution < -0.4 is 0 Å². The Bertz CT molecular complexity index is 188. The predicted molar refractivity (Wildman–Crippen MR) is 61.2 cm³/mol. The van der Waals surface area contributed by atoms with Gasteiger partial charge in [0, 0.05) is 0 Å². The summed E-state index contributed by atoms with van der Waals surface area (Å²) in [6.07, 6.45) is 0. The highest BCUT2D eigenvalue weighted by molar-refractivity contribution is 7.92. The van der Waals surface area contributed by atoms with Crippen molar-refractivity contribution in [2.24, 2.45) is 0 Å². The van der Waals surface area contributed by atoms with Gasteiger partial charge in [-0.1, -0.05) is 0 Å². The Kier molecular flexibility index (Phi) is 5.19. The Hall–Kier alpha value is 0.657. The highest BCUT2D eigenvalue weighted by Gasteiger charge is 2.27. The van der Waals surface area contributed by atoms with Crippen molar-refractivity contribution in [2.75, 3.05) is 34.3 Å². The van der Waals surface area contributed by atoms with E-state index in [2.05, 4.69) is 21.1 Å². The molecule has 0 rings (SSSR count). The van der Waals surface area contributed by atoms with Crippen LogP contribution in [0.4, 0.5) is 0 Å². The average Bonchev–Trinajstić information content (AvgIpc) is 1.82. The van der Waals surface area contributed by atoms with Crippen molar-refractivity contribution >= 4 is 25.7 Å². The molecule has 0 aliphatic heterocycles. The Balaban J connectivity index is 3.74. The number of halogens is 1. The van der Waals surface area contributed by atoms with Crippen molar-refractivity contribution in [3.8, 4) is 0 Å². The fraction of sp³-hybridized carbons (Fsp3) is 1.00. The van der Waals surface area contributed by atoms with E-state index in [1.54, 1.807) is 0 Å². The summed E-state index contributed by atoms with van der Waals surface area (Å²) in [5.41, 5.74) is 0. The summed E-state index contributed by atoms with van der Waals surface area (Å²) >= 11 is 5.98. The quantitative estimate of drug-likeness (QED) is 0.321. The zero-order valence-electron chi connectivity index (χ0n) is 9.06. The van der Waals surface area contributed by atoms with Crippen LogP contribution in [0.3, 0.4) is 0 Å². The predicted octanol–water partition coefficient (Wildman–Crippen LogP) is 2.12. The highest BCUT2D eigenvalue weighted by atomic mass is 35.6. The molecule has 0 saturated heterocycles. The molecule has 0 aliphatic carbocycles. The van der Waals surface area contributed by atoms with Crippen LogP contribution in [0.1, 0.15) is 0 Å². The minimum atomic E-state index is -2.07. The van der Waals surface area contributed by atoms with E-state index in [-0.39, 0.29) is 0 Å². The zero-order chi connectivity index (χ0) is 10.7. The third-order valence-corrected chi connectivity index (χ3v) is 7.65. The molecule has 3 nitrogen and oxygen atoms in total. The molecule has 0 aromatic carbocycles. The summed E-state index contributed by atoms with van der Waals surface area (Å²) in [7, 11) is 2.17. The second-order valence-corrected chi connectivity index (χ2v) is 17.2. The summed E-state index contributed by atoms with van der Waals surface area (Å²) in [6, 6.07) is 0. The summed E-state index contributed by atoms with van der Waals surface area (Å²) in [5.74, 6) is 0. The first kappa shape index (κ1) is 13.7. The van der Waals surface area contributed by atoms with Crippen LogP contribution in [-0.2, 0) is 9.09 Å². The van der Waals surface area contributed by atoms with Crippen molar-refractivity contribution in [3.63, 3.8) is 0 Å². The van der Waals surface area contributed by atoms with E-state index in [4.69, 9.17) is 15.6 Å². The SMILES string of the molecule is C[N+](C)(C)CCO[PH](=O)[Si](C)(C)Cl. The molecule has 0 aromatic heterocycles. The monoisotopic (exact) mass is 244 g/mol. The van der Waals surface area contributed by atoms with E-state index in [1.165, 1.54) is 0 Å². The Morgan fingerprint density at radius 1 is 1.38 bits per heavy atom. The number of hydrogen-bond donors (Lipinski definition) is 0. The van der Waals surface area contributed by atoms with Gasteiger partial charge in [-0.3, -0.25) is 0 Å². The van der Waals surface area contributed by atoms with Crippen molar-refractivity contribution in [1.82, 2.24) is 0 Å². The fourth-order valence-corrected chi connectivity index (χ4v) is 3.03. The Morgan fingerprint density at radius 2 is 1.85 bits per heavy atom. The molecule has 0 spiro atoms. The largest absolute Gasteiger partial charge is 0.329 e. The maximum atomic E-state index is 11.4. The van der Waals surface area contributed by atoms with Crippen molar-refractivity contribution in [1.29, 1.82) is 0 Å². The van der Waals surface area contributed by atoms with Gasteiger partial charge in [0.15, 0.2) is 7.58 Å². The molecule has 0 bridgehead atoms. The molecule has 0 aromatic rings. The molecule has 0 heterocycles. The number of quaternary nitrogens is 1. The van der Waals surface area contributed by atoms with Gasteiger partial charge in [-0.2, -0.15) is 11.1 Å². The number of hydrogen-bond acceptors (Lipinski definition) is 2. The van der Waals surface area contributed by atoms with Gasteiger partial charge in [-0.05, 0) is 13.1 Å². The van der Waals surface area contributed by atoms with Crippen LogP contribution in [0, 0.1) is 0 Å². The van der Waals surface area contributed by atoms with E-state index in [0.29, 0.717) is 6.61 Å². The molecular formula is C7H20ClNO2PSi+. The molecule has 0 radical (unpaired) electrons. The Labute approximate surface area is 87.0 Å². The molecule has 1 atom stereocenters. The molecule has 1 unspecified atom stereocenters. The number of rotatable bonds is 5. The fourth-order valence-electron chi connectivity index (χ4n) is 0.584. The van der Waals surface area contributed by atoms with Gasteiger partial charge in [0.2, 0.25) is 7.05 Å². The molecule has 6 heteroatoms. The lowest BCUT2D eigenvalue weighted by molar-refractivity contribution is -0.870. The molecule has 0 aliphatic rings. The normalized spacial score (nSPS) is 15.8. The van der Waals surface area contributed by atoms with Gasteiger partial charge < -0.3 is 13.6 Å². The number of likely N-dealkylation sites (N-methyl/N-ethyl adjacent to an activating group) is 1. The van der Waals surface area contributed by atoms with Crippen molar-refractivity contribution < 1.29 is 13.6 Å². The van der Waals surface area contributed by atoms with Gasteiger partial charge in [-0.25, -0.2) is 0 Å². The first-order valence-electron chi connectivity index (χ1n) is 4.29. The van der Waals surface area contributed by atoms with Crippen LogP contribution in [0.25, 0.3) is 0 Å². The summed E-state index contributed by atoms with van der Waals surface area (Å²) < 4.78 is 17.5. The molecule has 13 heavy (non-hydrogen) atoms. The molecule has 0 fully saturated rings. The van der Waals surface area contributed by atoms with Gasteiger partial charge >= 0.3 is 0 Å². The minimum Gasteiger partial charge on any atom is -0.329 e. The van der Waals surface area contributed by atoms with Gasteiger partial charge in [0.25, 0.3) is 0 Å². The topological polar surface area (TPSA) is 26.3 Å². The van der Waals surface area contributed by atoms with Gasteiger partial charge in [0.1, 0.15) is 13.2 Å². The average molecular weight is 245 g/mol. The van der Waals surface area contributed by atoms with E-state index in [0.717, 1.165) is 11.0 Å². The standard InChI is InChI=1S/C7H20ClNO2PSi/c1-9(2,3)6-7-11-12(10)13(4,5)8/h12H,6-7H2,1-5H3/q+1. The zero-order valence-corrected chi connectivity index (χ0v) is 11.8. The first-order chi connectivity index (χ1) is 5.63. The second-order valence-electron chi connectivity index (χ2n) is 4.62. The van der Waals surface area contributed by atoms with Crippen molar-refractivity contribution in [3.05, 3.63) is 0 Å². The smallest absolute Gasteiger partial charge is 0.246 e. The highest BCUT2D eigenvalue weighted by Crippen LogP contribution is 2.38. The first-order valence-corrected chi connectivity index (χ1v) is 10.6. The molecule has 0 N–H and O–H groups in total. The van der Waals surface area contributed by atoms with E-state index in [1.807, 2.05) is 13.1 Å². The van der Waals surface area contributed by atoms with Gasteiger partial charge in [-0.15, -0.1) is 0 Å². The van der Waals surface area contributed by atoms with Crippen LogP contribution >= 0.6 is 18.7 Å². The summed E-state index contributed by atoms with van der Waals surface area (Å²) in [5, 5.41) is 0. The van der Waals surface area contributed by atoms with Crippen LogP contribution in [-0.4, -0.2) is 45.8 Å². The molecule has 80 valence electrons. The van der Waals surface area contributed by atoms with E-state index in [9.17, 15) is 4.57 Å².